The second kappa shape index (κ2) is 6.81. The number of methoxy groups -OCH3 is 1. The molecule has 1 N–H and O–H groups in total. The van der Waals surface area contributed by atoms with Crippen molar-refractivity contribution in [2.45, 2.75) is 10.6 Å². The smallest absolute Gasteiger partial charge is 0.318 e. The van der Waals surface area contributed by atoms with Crippen molar-refractivity contribution >= 4 is 33.7 Å². The largest absolute Gasteiger partial charge is 0.497 e. The van der Waals surface area contributed by atoms with Gasteiger partial charge in [-0.3, -0.25) is 4.79 Å². The molecule has 16 heavy (non-hydrogen) atoms. The first-order valence-electron chi connectivity index (χ1n) is 4.71. The SMILES string of the molecule is COc1ccc(CSCC(Br)C(=O)O)cc1. The fourth-order valence-electron chi connectivity index (χ4n) is 1.07. The first kappa shape index (κ1) is 13.4. The van der Waals surface area contributed by atoms with Crippen molar-refractivity contribution in [2.75, 3.05) is 12.9 Å². The topological polar surface area (TPSA) is 46.5 Å². The number of alkyl halides is 1. The zero-order chi connectivity index (χ0) is 12.0. The fraction of sp³-hybridized carbons (Fsp3) is 0.364. The molecule has 0 heterocycles. The highest BCUT2D eigenvalue weighted by Gasteiger charge is 2.12. The summed E-state index contributed by atoms with van der Waals surface area (Å²) in [5.41, 5.74) is 1.16. The molecule has 88 valence electrons. The molecule has 1 rings (SSSR count). The summed E-state index contributed by atoms with van der Waals surface area (Å²) in [5.74, 6) is 1.38. The summed E-state index contributed by atoms with van der Waals surface area (Å²) < 4.78 is 5.05. The normalized spacial score (nSPS) is 12.1. The van der Waals surface area contributed by atoms with Gasteiger partial charge in [0.25, 0.3) is 0 Å². The van der Waals surface area contributed by atoms with E-state index in [1.54, 1.807) is 18.9 Å². The van der Waals surface area contributed by atoms with Gasteiger partial charge >= 0.3 is 5.97 Å². The van der Waals surface area contributed by atoms with Crippen LogP contribution in [0.4, 0.5) is 0 Å². The second-order valence-corrected chi connectivity index (χ2v) is 5.30. The Morgan fingerprint density at radius 2 is 2.12 bits per heavy atom. The first-order chi connectivity index (χ1) is 7.63. The maximum absolute atomic E-state index is 10.5. The van der Waals surface area contributed by atoms with Gasteiger partial charge in [0.2, 0.25) is 0 Å². The third kappa shape index (κ3) is 4.45. The molecule has 0 aliphatic rings. The molecule has 0 aliphatic heterocycles. The Balaban J connectivity index is 2.34. The number of carboxylic acids is 1. The number of ether oxygens (including phenoxy) is 1. The highest BCUT2D eigenvalue weighted by molar-refractivity contribution is 9.10. The van der Waals surface area contributed by atoms with E-state index in [4.69, 9.17) is 9.84 Å². The molecule has 0 saturated carbocycles. The van der Waals surface area contributed by atoms with Gasteiger partial charge in [-0.1, -0.05) is 28.1 Å². The summed E-state index contributed by atoms with van der Waals surface area (Å²) in [5, 5.41) is 8.67. The fourth-order valence-corrected chi connectivity index (χ4v) is 2.53. The number of halogens is 1. The van der Waals surface area contributed by atoms with E-state index in [0.29, 0.717) is 5.75 Å². The van der Waals surface area contributed by atoms with Crippen LogP contribution < -0.4 is 4.74 Å². The Bertz CT molecular complexity index is 340. The highest BCUT2D eigenvalue weighted by atomic mass is 79.9. The molecule has 0 radical (unpaired) electrons. The van der Waals surface area contributed by atoms with E-state index >= 15 is 0 Å². The third-order valence-electron chi connectivity index (χ3n) is 1.96. The minimum atomic E-state index is -0.817. The van der Waals surface area contributed by atoms with Gasteiger partial charge in [-0.2, -0.15) is 11.8 Å². The number of benzene rings is 1. The van der Waals surface area contributed by atoms with Crippen molar-refractivity contribution in [2.24, 2.45) is 0 Å². The maximum atomic E-state index is 10.5. The van der Waals surface area contributed by atoms with Crippen LogP contribution in [0.1, 0.15) is 5.56 Å². The summed E-state index contributed by atoms with van der Waals surface area (Å²) >= 11 is 4.69. The number of hydrogen-bond donors (Lipinski definition) is 1. The van der Waals surface area contributed by atoms with Gasteiger partial charge in [0.05, 0.1) is 7.11 Å². The molecule has 5 heteroatoms. The van der Waals surface area contributed by atoms with Crippen LogP contribution in [0.25, 0.3) is 0 Å². The Kier molecular flexibility index (Phi) is 5.69. The molecule has 0 spiro atoms. The van der Waals surface area contributed by atoms with Crippen molar-refractivity contribution in [1.29, 1.82) is 0 Å². The number of carbonyl (C=O) groups is 1. The van der Waals surface area contributed by atoms with Crippen molar-refractivity contribution in [3.05, 3.63) is 29.8 Å². The van der Waals surface area contributed by atoms with Crippen molar-refractivity contribution in [1.82, 2.24) is 0 Å². The molecule has 1 unspecified atom stereocenters. The molecule has 0 bridgehead atoms. The van der Waals surface area contributed by atoms with Crippen LogP contribution in [0.2, 0.25) is 0 Å². The molecule has 0 saturated heterocycles. The molecular formula is C11H13BrO3S. The van der Waals surface area contributed by atoms with Crippen LogP contribution in [0.5, 0.6) is 5.75 Å². The molecule has 0 amide bonds. The standard InChI is InChI=1S/C11H13BrO3S/c1-15-9-4-2-8(3-5-9)6-16-7-10(12)11(13)14/h2-5,10H,6-7H2,1H3,(H,13,14). The van der Waals surface area contributed by atoms with E-state index in [1.165, 1.54) is 0 Å². The maximum Gasteiger partial charge on any atom is 0.318 e. The molecule has 0 aliphatic carbocycles. The lowest BCUT2D eigenvalue weighted by atomic mass is 10.2. The average Bonchev–Trinajstić information content (AvgIpc) is 2.29. The molecule has 1 atom stereocenters. The zero-order valence-electron chi connectivity index (χ0n) is 8.85. The van der Waals surface area contributed by atoms with Gasteiger partial charge < -0.3 is 9.84 Å². The van der Waals surface area contributed by atoms with E-state index in [9.17, 15) is 4.79 Å². The number of carboxylic acid groups (broad SMARTS) is 1. The predicted octanol–water partition coefficient (Wildman–Crippen LogP) is 2.78. The van der Waals surface area contributed by atoms with E-state index in [-0.39, 0.29) is 0 Å². The van der Waals surface area contributed by atoms with Crippen LogP contribution in [0.15, 0.2) is 24.3 Å². The number of rotatable bonds is 6. The summed E-state index contributed by atoms with van der Waals surface area (Å²) in [7, 11) is 1.63. The minimum Gasteiger partial charge on any atom is -0.497 e. The monoisotopic (exact) mass is 304 g/mol. The molecule has 3 nitrogen and oxygen atoms in total. The van der Waals surface area contributed by atoms with Crippen LogP contribution in [-0.4, -0.2) is 28.8 Å². The quantitative estimate of drug-likeness (QED) is 0.821. The zero-order valence-corrected chi connectivity index (χ0v) is 11.3. The van der Waals surface area contributed by atoms with Gasteiger partial charge in [-0.15, -0.1) is 0 Å². The molecule has 1 aromatic carbocycles. The summed E-state index contributed by atoms with van der Waals surface area (Å²) in [4.78, 5) is 10.1. The third-order valence-corrected chi connectivity index (χ3v) is 4.21. The van der Waals surface area contributed by atoms with E-state index in [2.05, 4.69) is 15.9 Å². The lowest BCUT2D eigenvalue weighted by molar-refractivity contribution is -0.135. The lowest BCUT2D eigenvalue weighted by Crippen LogP contribution is -2.15. The van der Waals surface area contributed by atoms with Gasteiger partial charge in [-0.25, -0.2) is 0 Å². The first-order valence-corrected chi connectivity index (χ1v) is 6.78. The Hall–Kier alpha value is -0.680. The van der Waals surface area contributed by atoms with Gasteiger partial charge in [0.1, 0.15) is 10.6 Å². The van der Waals surface area contributed by atoms with Gasteiger partial charge in [-0.05, 0) is 17.7 Å². The van der Waals surface area contributed by atoms with Crippen molar-refractivity contribution < 1.29 is 14.6 Å². The van der Waals surface area contributed by atoms with Gasteiger partial charge in [0, 0.05) is 11.5 Å². The molecule has 1 aromatic rings. The van der Waals surface area contributed by atoms with Crippen molar-refractivity contribution in [3.8, 4) is 5.75 Å². The van der Waals surface area contributed by atoms with Crippen LogP contribution in [0.3, 0.4) is 0 Å². The van der Waals surface area contributed by atoms with Gasteiger partial charge in [0.15, 0.2) is 0 Å². The van der Waals surface area contributed by atoms with Crippen molar-refractivity contribution in [3.63, 3.8) is 0 Å². The highest BCUT2D eigenvalue weighted by Crippen LogP contribution is 2.18. The van der Waals surface area contributed by atoms with Crippen LogP contribution >= 0.6 is 27.7 Å². The molecular weight excluding hydrogens is 292 g/mol. The summed E-state index contributed by atoms with van der Waals surface area (Å²) in [6.45, 7) is 0. The second-order valence-electron chi connectivity index (χ2n) is 3.17. The molecule has 0 fully saturated rings. The molecule has 0 aromatic heterocycles. The van der Waals surface area contributed by atoms with Crippen LogP contribution in [0, 0.1) is 0 Å². The van der Waals surface area contributed by atoms with E-state index in [0.717, 1.165) is 17.1 Å². The summed E-state index contributed by atoms with van der Waals surface area (Å²) in [6, 6.07) is 7.77. The average molecular weight is 305 g/mol. The predicted molar refractivity (Wildman–Crippen MR) is 69.5 cm³/mol. The number of aliphatic carboxylic acids is 1. The van der Waals surface area contributed by atoms with E-state index < -0.39 is 10.8 Å². The Labute approximate surface area is 107 Å². The summed E-state index contributed by atoms with van der Waals surface area (Å²) in [6.07, 6.45) is 0. The Morgan fingerprint density at radius 1 is 1.50 bits per heavy atom. The number of hydrogen-bond acceptors (Lipinski definition) is 3. The van der Waals surface area contributed by atoms with E-state index in [1.807, 2.05) is 24.3 Å². The minimum absolute atomic E-state index is 0.476. The number of thioether (sulfide) groups is 1. The lowest BCUT2D eigenvalue weighted by Gasteiger charge is -2.05. The Morgan fingerprint density at radius 3 is 2.62 bits per heavy atom. The van der Waals surface area contributed by atoms with Crippen LogP contribution in [-0.2, 0) is 10.5 Å².